The van der Waals surface area contributed by atoms with E-state index in [4.69, 9.17) is 0 Å². The Balaban J connectivity index is 1.73. The molecule has 1 atom stereocenters. The topological polar surface area (TPSA) is 84.3 Å². The Kier molecular flexibility index (Phi) is 5.79. The van der Waals surface area contributed by atoms with Crippen molar-refractivity contribution in [1.29, 1.82) is 0 Å². The van der Waals surface area contributed by atoms with Gasteiger partial charge in [0.15, 0.2) is 0 Å². The van der Waals surface area contributed by atoms with Gasteiger partial charge in [-0.3, -0.25) is 4.79 Å². The number of carbonyl (C=O) groups excluding carboxylic acids is 1. The smallest absolute Gasteiger partial charge is 0.243 e. The molecule has 1 aromatic carbocycles. The zero-order valence-corrected chi connectivity index (χ0v) is 16.8. The summed E-state index contributed by atoms with van der Waals surface area (Å²) in [5, 5.41) is 7.10. The fourth-order valence-electron chi connectivity index (χ4n) is 3.10. The van der Waals surface area contributed by atoms with Gasteiger partial charge in [0.25, 0.3) is 0 Å². The molecular weight excluding hydrogens is 420 g/mol. The lowest BCUT2D eigenvalue weighted by atomic mass is 10.0. The molecule has 1 aromatic heterocycles. The number of hydrogen-bond acceptors (Lipinski definition) is 4. The summed E-state index contributed by atoms with van der Waals surface area (Å²) in [6.45, 7) is 0.894. The van der Waals surface area contributed by atoms with E-state index in [1.165, 1.54) is 4.31 Å². The lowest BCUT2D eigenvalue weighted by Crippen LogP contribution is -2.49. The fraction of sp³-hybridized carbons (Fsp3) is 0.412. The molecule has 1 saturated heterocycles. The molecule has 9 heteroatoms. The minimum atomic E-state index is -3.42. The van der Waals surface area contributed by atoms with E-state index in [0.717, 1.165) is 29.1 Å². The number of hydrogen-bond donors (Lipinski definition) is 1. The number of benzene rings is 1. The van der Waals surface area contributed by atoms with Crippen LogP contribution < -0.4 is 5.32 Å². The SMILES string of the molecule is CS(=O)(=O)N1CCCCC1C(=O)Nc1ccnn1Cc1ccc(Br)cc1. The number of aromatic nitrogens is 2. The average molecular weight is 441 g/mol. The fourth-order valence-corrected chi connectivity index (χ4v) is 4.49. The quantitative estimate of drug-likeness (QED) is 0.773. The summed E-state index contributed by atoms with van der Waals surface area (Å²) in [5.74, 6) is 0.240. The van der Waals surface area contributed by atoms with Gasteiger partial charge in [-0.25, -0.2) is 13.1 Å². The largest absolute Gasteiger partial charge is 0.309 e. The molecule has 2 heterocycles. The lowest BCUT2D eigenvalue weighted by molar-refractivity contribution is -0.120. The molecule has 7 nitrogen and oxygen atoms in total. The van der Waals surface area contributed by atoms with Crippen molar-refractivity contribution < 1.29 is 13.2 Å². The van der Waals surface area contributed by atoms with Crippen LogP contribution in [-0.4, -0.2) is 47.3 Å². The third-order valence-corrected chi connectivity index (χ3v) is 6.21. The number of rotatable bonds is 5. The second-order valence-corrected chi connectivity index (χ2v) is 9.23. The van der Waals surface area contributed by atoms with Crippen LogP contribution in [0.3, 0.4) is 0 Å². The first-order chi connectivity index (χ1) is 12.3. The number of nitrogens with zero attached hydrogens (tertiary/aromatic N) is 3. The zero-order valence-electron chi connectivity index (χ0n) is 14.4. The first kappa shape index (κ1) is 19.1. The number of nitrogens with one attached hydrogen (secondary N) is 1. The molecule has 1 fully saturated rings. The monoisotopic (exact) mass is 440 g/mol. The Hall–Kier alpha value is -1.71. The van der Waals surface area contributed by atoms with Crippen LogP contribution in [-0.2, 0) is 21.4 Å². The normalized spacial score (nSPS) is 18.6. The van der Waals surface area contributed by atoms with Gasteiger partial charge in [-0.05, 0) is 30.5 Å². The molecule has 1 unspecified atom stereocenters. The van der Waals surface area contributed by atoms with Gasteiger partial charge in [0.2, 0.25) is 15.9 Å². The van der Waals surface area contributed by atoms with E-state index in [9.17, 15) is 13.2 Å². The minimum absolute atomic E-state index is 0.312. The van der Waals surface area contributed by atoms with Crippen LogP contribution in [0.25, 0.3) is 0 Å². The summed E-state index contributed by atoms with van der Waals surface area (Å²) in [6.07, 6.45) is 4.90. The molecule has 0 aliphatic carbocycles. The van der Waals surface area contributed by atoms with Crippen LogP contribution in [0, 0.1) is 0 Å². The number of carbonyl (C=O) groups is 1. The number of halogens is 1. The van der Waals surface area contributed by atoms with E-state index in [1.807, 2.05) is 24.3 Å². The van der Waals surface area contributed by atoms with Gasteiger partial charge in [0.05, 0.1) is 19.0 Å². The van der Waals surface area contributed by atoms with Crippen molar-refractivity contribution in [1.82, 2.24) is 14.1 Å². The van der Waals surface area contributed by atoms with Crippen molar-refractivity contribution >= 4 is 37.7 Å². The molecule has 0 bridgehead atoms. The Bertz CT molecular complexity index is 880. The maximum Gasteiger partial charge on any atom is 0.243 e. The highest BCUT2D eigenvalue weighted by molar-refractivity contribution is 9.10. The second kappa shape index (κ2) is 7.89. The van der Waals surface area contributed by atoms with E-state index in [-0.39, 0.29) is 5.91 Å². The van der Waals surface area contributed by atoms with E-state index >= 15 is 0 Å². The highest BCUT2D eigenvalue weighted by Crippen LogP contribution is 2.22. The van der Waals surface area contributed by atoms with Gasteiger partial charge >= 0.3 is 0 Å². The van der Waals surface area contributed by atoms with Crippen molar-refractivity contribution in [2.75, 3.05) is 18.1 Å². The van der Waals surface area contributed by atoms with E-state index in [2.05, 4.69) is 26.3 Å². The maximum absolute atomic E-state index is 12.7. The van der Waals surface area contributed by atoms with Crippen molar-refractivity contribution in [2.24, 2.45) is 0 Å². The Morgan fingerprint density at radius 1 is 1.27 bits per heavy atom. The maximum atomic E-state index is 12.7. The molecule has 0 radical (unpaired) electrons. The molecule has 1 aliphatic heterocycles. The van der Waals surface area contributed by atoms with Gasteiger partial charge < -0.3 is 5.32 Å². The predicted octanol–water partition coefficient (Wildman–Crippen LogP) is 2.45. The molecule has 1 aliphatic rings. The van der Waals surface area contributed by atoms with Gasteiger partial charge in [-0.15, -0.1) is 0 Å². The minimum Gasteiger partial charge on any atom is -0.309 e. The van der Waals surface area contributed by atoms with Gasteiger partial charge in [0.1, 0.15) is 11.9 Å². The van der Waals surface area contributed by atoms with Gasteiger partial charge in [-0.2, -0.15) is 9.40 Å². The second-order valence-electron chi connectivity index (χ2n) is 6.38. The predicted molar refractivity (Wildman–Crippen MR) is 103 cm³/mol. The molecule has 0 saturated carbocycles. The third-order valence-electron chi connectivity index (χ3n) is 4.40. The molecule has 3 rings (SSSR count). The first-order valence-electron chi connectivity index (χ1n) is 8.38. The van der Waals surface area contributed by atoms with Crippen molar-refractivity contribution in [3.05, 3.63) is 46.6 Å². The number of sulfonamides is 1. The van der Waals surface area contributed by atoms with Crippen LogP contribution in [0.1, 0.15) is 24.8 Å². The highest BCUT2D eigenvalue weighted by atomic mass is 79.9. The molecule has 140 valence electrons. The number of anilines is 1. The standard InChI is InChI=1S/C17H21BrN4O3S/c1-26(24,25)22-11-3-2-4-15(22)17(23)20-16-9-10-19-21(16)12-13-5-7-14(18)8-6-13/h5-10,15H,2-4,11-12H2,1H3,(H,20,23). The molecule has 26 heavy (non-hydrogen) atoms. The Labute approximate surface area is 161 Å². The summed E-state index contributed by atoms with van der Waals surface area (Å²) >= 11 is 3.40. The Morgan fingerprint density at radius 2 is 2.00 bits per heavy atom. The summed E-state index contributed by atoms with van der Waals surface area (Å²) in [4.78, 5) is 12.7. The van der Waals surface area contributed by atoms with E-state index < -0.39 is 16.1 Å². The van der Waals surface area contributed by atoms with Crippen LogP contribution in [0.15, 0.2) is 41.0 Å². The van der Waals surface area contributed by atoms with Crippen molar-refractivity contribution in [3.63, 3.8) is 0 Å². The van der Waals surface area contributed by atoms with Crippen molar-refractivity contribution in [2.45, 2.75) is 31.8 Å². The molecular formula is C17H21BrN4O3S. The highest BCUT2D eigenvalue weighted by Gasteiger charge is 2.34. The molecule has 0 spiro atoms. The van der Waals surface area contributed by atoms with Crippen LogP contribution in [0.5, 0.6) is 0 Å². The number of amides is 1. The summed E-state index contributed by atoms with van der Waals surface area (Å²) in [7, 11) is -3.42. The van der Waals surface area contributed by atoms with Crippen LogP contribution >= 0.6 is 15.9 Å². The first-order valence-corrected chi connectivity index (χ1v) is 11.0. The summed E-state index contributed by atoms with van der Waals surface area (Å²) in [5.41, 5.74) is 1.04. The average Bonchev–Trinajstić information content (AvgIpc) is 3.03. The molecule has 2 aromatic rings. The summed E-state index contributed by atoms with van der Waals surface area (Å²) in [6, 6.07) is 8.89. The number of piperidine rings is 1. The van der Waals surface area contributed by atoms with E-state index in [1.54, 1.807) is 16.9 Å². The van der Waals surface area contributed by atoms with Crippen LogP contribution in [0.4, 0.5) is 5.82 Å². The van der Waals surface area contributed by atoms with E-state index in [0.29, 0.717) is 25.3 Å². The molecule has 1 N–H and O–H groups in total. The summed E-state index contributed by atoms with van der Waals surface area (Å²) < 4.78 is 27.9. The zero-order chi connectivity index (χ0) is 18.7. The van der Waals surface area contributed by atoms with Crippen molar-refractivity contribution in [3.8, 4) is 0 Å². The van der Waals surface area contributed by atoms with Gasteiger partial charge in [0, 0.05) is 17.1 Å². The Morgan fingerprint density at radius 3 is 2.69 bits per heavy atom. The van der Waals surface area contributed by atoms with Gasteiger partial charge in [-0.1, -0.05) is 34.5 Å². The lowest BCUT2D eigenvalue weighted by Gasteiger charge is -2.32. The van der Waals surface area contributed by atoms with Crippen LogP contribution in [0.2, 0.25) is 0 Å². The molecule has 1 amide bonds. The third kappa shape index (κ3) is 4.52.